The van der Waals surface area contributed by atoms with Crippen molar-refractivity contribution in [1.82, 2.24) is 10.2 Å². The molecule has 2 rings (SSSR count). The second kappa shape index (κ2) is 6.50. The molecule has 3 N–H and O–H groups in total. The molecule has 106 valence electrons. The highest BCUT2D eigenvalue weighted by atomic mass is 16.2. The maximum absolute atomic E-state index is 12.3. The molecule has 1 heterocycles. The molecule has 0 saturated heterocycles. The van der Waals surface area contributed by atoms with E-state index in [-0.39, 0.29) is 23.9 Å². The Bertz CT molecular complexity index is 764. The molecule has 0 saturated carbocycles. The number of H-pyrrole nitrogens is 1. The van der Waals surface area contributed by atoms with Crippen LogP contribution in [0.5, 0.6) is 0 Å². The zero-order valence-electron chi connectivity index (χ0n) is 11.3. The molecule has 0 fully saturated rings. The fourth-order valence-corrected chi connectivity index (χ4v) is 1.69. The van der Waals surface area contributed by atoms with Crippen molar-refractivity contribution in [2.75, 3.05) is 11.9 Å². The first-order valence-electron chi connectivity index (χ1n) is 6.17. The molecule has 2 aromatic rings. The second-order valence-corrected chi connectivity index (χ2v) is 4.27. The third kappa shape index (κ3) is 3.78. The van der Waals surface area contributed by atoms with E-state index in [4.69, 9.17) is 5.11 Å². The molecular formula is C15H13N3O3. The summed E-state index contributed by atoms with van der Waals surface area (Å²) < 4.78 is 0. The number of rotatable bonds is 2. The highest BCUT2D eigenvalue weighted by Crippen LogP contribution is 2.12. The summed E-state index contributed by atoms with van der Waals surface area (Å²) in [5.74, 6) is 5.09. The van der Waals surface area contributed by atoms with E-state index in [0.717, 1.165) is 5.56 Å². The van der Waals surface area contributed by atoms with Crippen molar-refractivity contribution in [3.63, 3.8) is 0 Å². The number of anilines is 1. The predicted molar refractivity (Wildman–Crippen MR) is 78.0 cm³/mol. The summed E-state index contributed by atoms with van der Waals surface area (Å²) in [6.07, 6.45) is 0. The standard InChI is InChI=1S/C15H13N3O3/c1-10-4-5-11(3-2-8-19)12(9-10)15(21)16-13-6-7-14(20)18-17-13/h4-7,9,19H,8H2,1H3,(H,18,20)(H,16,17,21). The zero-order chi connectivity index (χ0) is 15.2. The van der Waals surface area contributed by atoms with Gasteiger partial charge in [0, 0.05) is 11.6 Å². The molecule has 0 atom stereocenters. The molecule has 21 heavy (non-hydrogen) atoms. The van der Waals surface area contributed by atoms with Gasteiger partial charge in [-0.3, -0.25) is 9.59 Å². The van der Waals surface area contributed by atoms with Gasteiger partial charge in [0.1, 0.15) is 6.61 Å². The Morgan fingerprint density at radius 1 is 1.38 bits per heavy atom. The van der Waals surface area contributed by atoms with Crippen LogP contribution in [0.1, 0.15) is 21.5 Å². The summed E-state index contributed by atoms with van der Waals surface area (Å²) in [6, 6.07) is 7.92. The predicted octanol–water partition coefficient (Wildman–Crippen LogP) is 0.674. The van der Waals surface area contributed by atoms with Crippen LogP contribution in [0.3, 0.4) is 0 Å². The molecule has 0 aliphatic heterocycles. The van der Waals surface area contributed by atoms with Crippen molar-refractivity contribution in [1.29, 1.82) is 0 Å². The van der Waals surface area contributed by atoms with Gasteiger partial charge < -0.3 is 10.4 Å². The lowest BCUT2D eigenvalue weighted by molar-refractivity contribution is 0.102. The van der Waals surface area contributed by atoms with Crippen LogP contribution in [0.4, 0.5) is 5.82 Å². The van der Waals surface area contributed by atoms with Crippen molar-refractivity contribution in [3.05, 3.63) is 57.4 Å². The minimum absolute atomic E-state index is 0.238. The number of nitrogens with one attached hydrogen (secondary N) is 2. The minimum Gasteiger partial charge on any atom is -0.384 e. The fourth-order valence-electron chi connectivity index (χ4n) is 1.69. The molecule has 0 bridgehead atoms. The smallest absolute Gasteiger partial charge is 0.264 e. The van der Waals surface area contributed by atoms with Gasteiger partial charge in [-0.05, 0) is 25.1 Å². The van der Waals surface area contributed by atoms with Crippen LogP contribution in [0.25, 0.3) is 0 Å². The number of aromatic amines is 1. The van der Waals surface area contributed by atoms with Gasteiger partial charge in [0.25, 0.3) is 11.5 Å². The van der Waals surface area contributed by atoms with E-state index in [1.54, 1.807) is 12.1 Å². The van der Waals surface area contributed by atoms with Gasteiger partial charge in [-0.15, -0.1) is 0 Å². The van der Waals surface area contributed by atoms with Crippen molar-refractivity contribution < 1.29 is 9.90 Å². The molecule has 0 aliphatic rings. The van der Waals surface area contributed by atoms with E-state index in [1.165, 1.54) is 12.1 Å². The lowest BCUT2D eigenvalue weighted by Gasteiger charge is -2.07. The van der Waals surface area contributed by atoms with Crippen molar-refractivity contribution in [2.24, 2.45) is 0 Å². The van der Waals surface area contributed by atoms with E-state index < -0.39 is 0 Å². The van der Waals surface area contributed by atoms with Crippen LogP contribution >= 0.6 is 0 Å². The molecule has 0 unspecified atom stereocenters. The monoisotopic (exact) mass is 283 g/mol. The lowest BCUT2D eigenvalue weighted by Crippen LogP contribution is -2.17. The summed E-state index contributed by atoms with van der Waals surface area (Å²) in [6.45, 7) is 1.58. The highest BCUT2D eigenvalue weighted by Gasteiger charge is 2.11. The van der Waals surface area contributed by atoms with Crippen LogP contribution < -0.4 is 10.9 Å². The summed E-state index contributed by atoms with van der Waals surface area (Å²) in [5.41, 5.74) is 1.45. The van der Waals surface area contributed by atoms with Crippen molar-refractivity contribution in [2.45, 2.75) is 6.92 Å². The summed E-state index contributed by atoms with van der Waals surface area (Å²) >= 11 is 0. The minimum atomic E-state index is -0.388. The number of carbonyl (C=O) groups is 1. The normalized spacial score (nSPS) is 9.62. The molecule has 6 nitrogen and oxygen atoms in total. The number of aryl methyl sites for hydroxylation is 1. The molecule has 0 radical (unpaired) electrons. The summed E-state index contributed by atoms with van der Waals surface area (Å²) in [4.78, 5) is 23.2. The van der Waals surface area contributed by atoms with Gasteiger partial charge in [-0.25, -0.2) is 5.10 Å². The molecule has 0 aliphatic carbocycles. The van der Waals surface area contributed by atoms with Crippen LogP contribution in [-0.2, 0) is 0 Å². The average molecular weight is 283 g/mol. The number of hydrogen-bond donors (Lipinski definition) is 3. The maximum Gasteiger partial charge on any atom is 0.264 e. The Hall–Kier alpha value is -2.91. The maximum atomic E-state index is 12.3. The second-order valence-electron chi connectivity index (χ2n) is 4.27. The highest BCUT2D eigenvalue weighted by molar-refractivity contribution is 6.05. The Labute approximate surface area is 120 Å². The van der Waals surface area contributed by atoms with Crippen LogP contribution in [0.2, 0.25) is 0 Å². The van der Waals surface area contributed by atoms with E-state index in [9.17, 15) is 9.59 Å². The van der Waals surface area contributed by atoms with Gasteiger partial charge in [0.05, 0.1) is 5.56 Å². The van der Waals surface area contributed by atoms with Gasteiger partial charge in [-0.2, -0.15) is 5.10 Å². The number of amides is 1. The Morgan fingerprint density at radius 2 is 2.19 bits per heavy atom. The fraction of sp³-hybridized carbons (Fsp3) is 0.133. The molecule has 6 heteroatoms. The third-order valence-corrected chi connectivity index (χ3v) is 2.64. The summed E-state index contributed by atoms with van der Waals surface area (Å²) in [7, 11) is 0. The van der Waals surface area contributed by atoms with Gasteiger partial charge in [0.2, 0.25) is 0 Å². The molecule has 0 spiro atoms. The number of benzene rings is 1. The lowest BCUT2D eigenvalue weighted by atomic mass is 10.0. The van der Waals surface area contributed by atoms with Crippen molar-refractivity contribution >= 4 is 11.7 Å². The Balaban J connectivity index is 2.31. The van der Waals surface area contributed by atoms with Crippen LogP contribution in [-0.4, -0.2) is 27.8 Å². The van der Waals surface area contributed by atoms with Gasteiger partial charge >= 0.3 is 0 Å². The van der Waals surface area contributed by atoms with E-state index in [1.807, 2.05) is 13.0 Å². The van der Waals surface area contributed by atoms with Crippen LogP contribution in [0.15, 0.2) is 35.1 Å². The van der Waals surface area contributed by atoms with Gasteiger partial charge in [-0.1, -0.05) is 23.5 Å². The SMILES string of the molecule is Cc1ccc(C#CCO)c(C(=O)Nc2ccc(=O)[nH]n2)c1. The molecular weight excluding hydrogens is 270 g/mol. The Morgan fingerprint density at radius 3 is 2.86 bits per heavy atom. The largest absolute Gasteiger partial charge is 0.384 e. The number of hydrogen-bond acceptors (Lipinski definition) is 4. The molecule has 1 aromatic heterocycles. The number of aliphatic hydroxyl groups excluding tert-OH is 1. The zero-order valence-corrected chi connectivity index (χ0v) is 11.3. The first-order chi connectivity index (χ1) is 10.1. The van der Waals surface area contributed by atoms with Crippen LogP contribution in [0, 0.1) is 18.8 Å². The number of aliphatic hydroxyl groups is 1. The number of aromatic nitrogens is 2. The topological polar surface area (TPSA) is 95.1 Å². The van der Waals surface area contributed by atoms with Gasteiger partial charge in [0.15, 0.2) is 5.82 Å². The number of carbonyl (C=O) groups excluding carboxylic acids is 1. The quantitative estimate of drug-likeness (QED) is 0.706. The first-order valence-corrected chi connectivity index (χ1v) is 6.17. The third-order valence-electron chi connectivity index (χ3n) is 2.64. The Kier molecular flexibility index (Phi) is 4.49. The van der Waals surface area contributed by atoms with Crippen molar-refractivity contribution in [3.8, 4) is 11.8 Å². The molecule has 1 aromatic carbocycles. The van der Waals surface area contributed by atoms with E-state index in [2.05, 4.69) is 27.4 Å². The average Bonchev–Trinajstić information content (AvgIpc) is 2.48. The van der Waals surface area contributed by atoms with E-state index in [0.29, 0.717) is 11.1 Å². The molecule has 1 amide bonds. The summed E-state index contributed by atoms with van der Waals surface area (Å²) in [5, 5.41) is 17.3. The first kappa shape index (κ1) is 14.5. The number of nitrogens with zero attached hydrogens (tertiary/aromatic N) is 1. The van der Waals surface area contributed by atoms with E-state index >= 15 is 0 Å².